The Kier molecular flexibility index (Phi) is 4.24. The van der Waals surface area contributed by atoms with Crippen LogP contribution in [0, 0.1) is 0 Å². The highest BCUT2D eigenvalue weighted by molar-refractivity contribution is 6.30. The number of rotatable bonds is 5. The zero-order valence-corrected chi connectivity index (χ0v) is 14.4. The molecule has 0 saturated carbocycles. The lowest BCUT2D eigenvalue weighted by molar-refractivity contribution is 0.314. The molecule has 2 heterocycles. The lowest BCUT2D eigenvalue weighted by Gasteiger charge is -2.13. The van der Waals surface area contributed by atoms with E-state index in [1.165, 1.54) is 0 Å². The maximum atomic E-state index is 5.94. The SMILES string of the molecule is COc1ccccc1Nc1nc2nonc2nc1Nc1ccc(Cl)cc1. The molecule has 0 radical (unpaired) electrons. The van der Waals surface area contributed by atoms with Crippen molar-refractivity contribution in [3.05, 3.63) is 53.6 Å². The molecule has 0 atom stereocenters. The summed E-state index contributed by atoms with van der Waals surface area (Å²) in [7, 11) is 1.60. The molecule has 0 fully saturated rings. The molecular formula is C17H13ClN6O2. The topological polar surface area (TPSA) is 98.0 Å². The lowest BCUT2D eigenvalue weighted by Crippen LogP contribution is -2.04. The van der Waals surface area contributed by atoms with Gasteiger partial charge < -0.3 is 15.4 Å². The summed E-state index contributed by atoms with van der Waals surface area (Å²) in [6.07, 6.45) is 0. The van der Waals surface area contributed by atoms with Gasteiger partial charge in [0.2, 0.25) is 11.3 Å². The maximum absolute atomic E-state index is 5.94. The van der Waals surface area contributed by atoms with E-state index in [-0.39, 0.29) is 0 Å². The number of halogens is 1. The van der Waals surface area contributed by atoms with E-state index in [4.69, 9.17) is 21.0 Å². The van der Waals surface area contributed by atoms with Gasteiger partial charge in [-0.15, -0.1) is 0 Å². The minimum atomic E-state index is 0.295. The molecule has 0 saturated heterocycles. The summed E-state index contributed by atoms with van der Waals surface area (Å²) >= 11 is 5.94. The predicted octanol–water partition coefficient (Wildman–Crippen LogP) is 4.16. The molecule has 2 aromatic carbocycles. The van der Waals surface area contributed by atoms with Gasteiger partial charge in [-0.25, -0.2) is 14.6 Å². The summed E-state index contributed by atoms with van der Waals surface area (Å²) in [5, 5.41) is 14.5. The summed E-state index contributed by atoms with van der Waals surface area (Å²) in [4.78, 5) is 8.86. The Balaban J connectivity index is 1.75. The van der Waals surface area contributed by atoms with Crippen molar-refractivity contribution in [2.24, 2.45) is 0 Å². The molecule has 0 spiro atoms. The van der Waals surface area contributed by atoms with E-state index in [1.54, 1.807) is 19.2 Å². The Bertz CT molecular complexity index is 1050. The first-order valence-corrected chi connectivity index (χ1v) is 8.03. The number of anilines is 4. The molecule has 26 heavy (non-hydrogen) atoms. The molecule has 9 heteroatoms. The first-order valence-electron chi connectivity index (χ1n) is 7.66. The fourth-order valence-electron chi connectivity index (χ4n) is 2.36. The molecule has 130 valence electrons. The van der Waals surface area contributed by atoms with Crippen LogP contribution in [0.15, 0.2) is 53.2 Å². The molecule has 2 aromatic heterocycles. The number of benzene rings is 2. The minimum absolute atomic E-state index is 0.295. The van der Waals surface area contributed by atoms with Crippen LogP contribution >= 0.6 is 11.6 Å². The van der Waals surface area contributed by atoms with Gasteiger partial charge in [0.05, 0.1) is 12.8 Å². The third-order valence-electron chi connectivity index (χ3n) is 3.58. The number of nitrogens with one attached hydrogen (secondary N) is 2. The number of fused-ring (bicyclic) bond motifs is 1. The van der Waals surface area contributed by atoms with Gasteiger partial charge in [0.15, 0.2) is 11.6 Å². The van der Waals surface area contributed by atoms with Crippen LogP contribution in [0.5, 0.6) is 5.75 Å². The average Bonchev–Trinajstić information content (AvgIpc) is 3.11. The Hall–Kier alpha value is -3.39. The molecule has 0 amide bonds. The quantitative estimate of drug-likeness (QED) is 0.541. The van der Waals surface area contributed by atoms with Gasteiger partial charge >= 0.3 is 0 Å². The number of nitrogens with zero attached hydrogens (tertiary/aromatic N) is 4. The van der Waals surface area contributed by atoms with Crippen LogP contribution in [-0.2, 0) is 0 Å². The number of hydrogen-bond acceptors (Lipinski definition) is 8. The van der Waals surface area contributed by atoms with Crippen LogP contribution < -0.4 is 15.4 Å². The third-order valence-corrected chi connectivity index (χ3v) is 3.83. The predicted molar refractivity (Wildman–Crippen MR) is 98.4 cm³/mol. The van der Waals surface area contributed by atoms with Gasteiger partial charge in [-0.1, -0.05) is 23.7 Å². The lowest BCUT2D eigenvalue weighted by atomic mass is 10.3. The van der Waals surface area contributed by atoms with Gasteiger partial charge in [-0.3, -0.25) is 0 Å². The van der Waals surface area contributed by atoms with Crippen LogP contribution in [0.1, 0.15) is 0 Å². The number of aromatic nitrogens is 4. The highest BCUT2D eigenvalue weighted by atomic mass is 35.5. The summed E-state index contributed by atoms with van der Waals surface area (Å²) in [5.74, 6) is 1.58. The molecule has 0 aliphatic heterocycles. The van der Waals surface area contributed by atoms with E-state index in [1.807, 2.05) is 36.4 Å². The van der Waals surface area contributed by atoms with Crippen molar-refractivity contribution in [2.75, 3.05) is 17.7 Å². The Morgan fingerprint density at radius 1 is 0.885 bits per heavy atom. The minimum Gasteiger partial charge on any atom is -0.495 e. The van der Waals surface area contributed by atoms with Gasteiger partial charge in [0.25, 0.3) is 0 Å². The Morgan fingerprint density at radius 3 is 2.23 bits per heavy atom. The number of para-hydroxylation sites is 2. The third kappa shape index (κ3) is 3.22. The second-order valence-electron chi connectivity index (χ2n) is 5.29. The highest BCUT2D eigenvalue weighted by Gasteiger charge is 2.14. The molecule has 0 bridgehead atoms. The van der Waals surface area contributed by atoms with Crippen molar-refractivity contribution < 1.29 is 9.37 Å². The largest absolute Gasteiger partial charge is 0.495 e. The fraction of sp³-hybridized carbons (Fsp3) is 0.0588. The molecule has 2 N–H and O–H groups in total. The molecule has 0 aliphatic rings. The summed E-state index contributed by atoms with van der Waals surface area (Å²) in [6, 6.07) is 14.7. The average molecular weight is 369 g/mol. The van der Waals surface area contributed by atoms with E-state index >= 15 is 0 Å². The molecule has 0 aliphatic carbocycles. The molecule has 8 nitrogen and oxygen atoms in total. The number of ether oxygens (including phenoxy) is 1. The molecule has 0 unspecified atom stereocenters. The van der Waals surface area contributed by atoms with Crippen LogP contribution in [0.25, 0.3) is 11.3 Å². The van der Waals surface area contributed by atoms with E-state index < -0.39 is 0 Å². The summed E-state index contributed by atoms with van der Waals surface area (Å²) in [5.41, 5.74) is 2.12. The van der Waals surface area contributed by atoms with E-state index in [0.717, 1.165) is 11.4 Å². The highest BCUT2D eigenvalue weighted by Crippen LogP contribution is 2.31. The van der Waals surface area contributed by atoms with Crippen molar-refractivity contribution >= 4 is 45.9 Å². The Morgan fingerprint density at radius 2 is 1.54 bits per heavy atom. The van der Waals surface area contributed by atoms with Crippen molar-refractivity contribution in [2.45, 2.75) is 0 Å². The van der Waals surface area contributed by atoms with Crippen LogP contribution in [0.3, 0.4) is 0 Å². The fourth-order valence-corrected chi connectivity index (χ4v) is 2.48. The van der Waals surface area contributed by atoms with Crippen molar-refractivity contribution in [1.29, 1.82) is 0 Å². The first kappa shape index (κ1) is 16.1. The summed E-state index contributed by atoms with van der Waals surface area (Å²) in [6.45, 7) is 0. The standard InChI is InChI=1S/C17H13ClN6O2/c1-25-13-5-3-2-4-12(13)20-15-14(19-11-8-6-10(18)7-9-11)21-16-17(22-15)24-26-23-16/h2-9H,1H3,(H,19,21,23)(H,20,22,24). The van der Waals surface area contributed by atoms with Gasteiger partial charge in [0.1, 0.15) is 5.75 Å². The summed E-state index contributed by atoms with van der Waals surface area (Å²) < 4.78 is 10.1. The van der Waals surface area contributed by atoms with E-state index in [2.05, 4.69) is 30.9 Å². The monoisotopic (exact) mass is 368 g/mol. The second-order valence-corrected chi connectivity index (χ2v) is 5.73. The molecule has 4 rings (SSSR count). The van der Waals surface area contributed by atoms with Crippen molar-refractivity contribution in [1.82, 2.24) is 20.3 Å². The number of methoxy groups -OCH3 is 1. The van der Waals surface area contributed by atoms with Crippen LogP contribution in [0.2, 0.25) is 5.02 Å². The second kappa shape index (κ2) is 6.85. The zero-order chi connectivity index (χ0) is 17.9. The van der Waals surface area contributed by atoms with Crippen LogP contribution in [0.4, 0.5) is 23.0 Å². The van der Waals surface area contributed by atoms with Gasteiger partial charge in [-0.2, -0.15) is 0 Å². The van der Waals surface area contributed by atoms with Crippen molar-refractivity contribution in [3.8, 4) is 5.75 Å². The van der Waals surface area contributed by atoms with E-state index in [0.29, 0.717) is 33.7 Å². The molecular weight excluding hydrogens is 356 g/mol. The smallest absolute Gasteiger partial charge is 0.245 e. The van der Waals surface area contributed by atoms with Crippen LogP contribution in [-0.4, -0.2) is 27.4 Å². The first-order chi connectivity index (χ1) is 12.7. The maximum Gasteiger partial charge on any atom is 0.245 e. The van der Waals surface area contributed by atoms with Gasteiger partial charge in [-0.05, 0) is 46.7 Å². The number of hydrogen-bond donors (Lipinski definition) is 2. The molecule has 4 aromatic rings. The zero-order valence-electron chi connectivity index (χ0n) is 13.6. The normalized spacial score (nSPS) is 10.7. The Labute approximate surface area is 153 Å². The van der Waals surface area contributed by atoms with E-state index in [9.17, 15) is 0 Å². The van der Waals surface area contributed by atoms with Gasteiger partial charge in [0, 0.05) is 10.7 Å². The van der Waals surface area contributed by atoms with Crippen molar-refractivity contribution in [3.63, 3.8) is 0 Å².